The Morgan fingerprint density at radius 1 is 1.46 bits per heavy atom. The van der Waals surface area contributed by atoms with Crippen molar-refractivity contribution in [2.75, 3.05) is 6.61 Å². The topological polar surface area (TPSA) is 59.1 Å². The first-order valence-corrected chi connectivity index (χ1v) is 5.15. The molecule has 0 saturated heterocycles. The van der Waals surface area contributed by atoms with Crippen molar-refractivity contribution < 1.29 is 4.74 Å². The van der Waals surface area contributed by atoms with Crippen molar-refractivity contribution in [3.05, 3.63) is 0 Å². The molecule has 0 aromatic heterocycles. The van der Waals surface area contributed by atoms with Gasteiger partial charge in [0.1, 0.15) is 0 Å². The summed E-state index contributed by atoms with van der Waals surface area (Å²) in [5.74, 6) is 0.315. The Morgan fingerprint density at radius 3 is 2.54 bits per heavy atom. The van der Waals surface area contributed by atoms with Crippen molar-refractivity contribution in [1.29, 1.82) is 5.41 Å². The van der Waals surface area contributed by atoms with Gasteiger partial charge in [0, 0.05) is 11.8 Å². The molecule has 0 spiro atoms. The van der Waals surface area contributed by atoms with Gasteiger partial charge in [0.2, 0.25) is 0 Å². The highest BCUT2D eigenvalue weighted by molar-refractivity contribution is 5.78. The van der Waals surface area contributed by atoms with Crippen LogP contribution in [-0.4, -0.2) is 18.5 Å². The fourth-order valence-electron chi connectivity index (χ4n) is 1.79. The Hall–Kier alpha value is -0.570. The lowest BCUT2D eigenvalue weighted by Gasteiger charge is -2.27. The van der Waals surface area contributed by atoms with Crippen molar-refractivity contribution in [3.63, 3.8) is 0 Å². The van der Waals surface area contributed by atoms with Crippen LogP contribution in [0.3, 0.4) is 0 Å². The van der Waals surface area contributed by atoms with Gasteiger partial charge in [0.15, 0.2) is 0 Å². The lowest BCUT2D eigenvalue weighted by molar-refractivity contribution is -0.0200. The normalized spacial score (nSPS) is 25.2. The van der Waals surface area contributed by atoms with Gasteiger partial charge < -0.3 is 10.5 Å². The van der Waals surface area contributed by atoms with E-state index in [0.29, 0.717) is 11.9 Å². The smallest absolute Gasteiger partial charge is 0.0911 e. The molecule has 74 valence electrons. The number of hydrogen-bond donors (Lipinski definition) is 2. The number of ether oxygens (including phenoxy) is 1. The lowest BCUT2D eigenvalue weighted by Crippen LogP contribution is -2.27. The second-order valence-corrected chi connectivity index (χ2v) is 4.57. The molecule has 0 atom stereocenters. The van der Waals surface area contributed by atoms with Gasteiger partial charge in [-0.3, -0.25) is 5.41 Å². The lowest BCUT2D eigenvalue weighted by atomic mass is 9.95. The summed E-state index contributed by atoms with van der Waals surface area (Å²) in [6, 6.07) is 0. The van der Waals surface area contributed by atoms with Crippen LogP contribution in [0.1, 0.15) is 38.5 Å². The molecule has 13 heavy (non-hydrogen) atoms. The molecule has 0 aromatic carbocycles. The van der Waals surface area contributed by atoms with Gasteiger partial charge in [-0.05, 0) is 32.1 Å². The van der Waals surface area contributed by atoms with Crippen LogP contribution < -0.4 is 5.73 Å². The van der Waals surface area contributed by atoms with E-state index in [2.05, 4.69) is 0 Å². The number of nitrogens with one attached hydrogen (secondary N) is 1. The minimum Gasteiger partial charge on any atom is -0.388 e. The van der Waals surface area contributed by atoms with E-state index in [1.807, 2.05) is 0 Å². The summed E-state index contributed by atoms with van der Waals surface area (Å²) in [5, 5.41) is 7.26. The van der Waals surface area contributed by atoms with E-state index >= 15 is 0 Å². The summed E-state index contributed by atoms with van der Waals surface area (Å²) in [4.78, 5) is 0. The first-order valence-electron chi connectivity index (χ1n) is 5.15. The standard InChI is InChI=1S/C10H18N2O/c11-9(12)6-10(4-5-10)7-13-8-2-1-3-8/h8H,1-7H2,(H3,11,12). The van der Waals surface area contributed by atoms with Crippen LogP contribution in [0.5, 0.6) is 0 Å². The number of nitrogens with two attached hydrogens (primary N) is 1. The average molecular weight is 182 g/mol. The SMILES string of the molecule is N=C(N)CC1(COC2CCC2)CC1. The molecular formula is C10H18N2O. The Balaban J connectivity index is 1.70. The van der Waals surface area contributed by atoms with Gasteiger partial charge in [-0.1, -0.05) is 0 Å². The summed E-state index contributed by atoms with van der Waals surface area (Å²) in [6.07, 6.45) is 7.43. The molecule has 3 N–H and O–H groups in total. The van der Waals surface area contributed by atoms with E-state index in [0.717, 1.165) is 13.0 Å². The average Bonchev–Trinajstić information content (AvgIpc) is 2.64. The second kappa shape index (κ2) is 3.29. The minimum absolute atomic E-state index is 0.265. The van der Waals surface area contributed by atoms with Crippen LogP contribution in [0.2, 0.25) is 0 Å². The molecule has 3 heteroatoms. The van der Waals surface area contributed by atoms with E-state index in [4.69, 9.17) is 15.9 Å². The van der Waals surface area contributed by atoms with Gasteiger partial charge in [-0.2, -0.15) is 0 Å². The van der Waals surface area contributed by atoms with E-state index < -0.39 is 0 Å². The predicted molar refractivity (Wildman–Crippen MR) is 51.8 cm³/mol. The van der Waals surface area contributed by atoms with Crippen LogP contribution >= 0.6 is 0 Å². The number of amidine groups is 1. The quantitative estimate of drug-likeness (QED) is 0.502. The highest BCUT2D eigenvalue weighted by atomic mass is 16.5. The molecule has 0 radical (unpaired) electrons. The first-order chi connectivity index (χ1) is 6.20. The molecule has 2 rings (SSSR count). The monoisotopic (exact) mass is 182 g/mol. The number of hydrogen-bond acceptors (Lipinski definition) is 2. The summed E-state index contributed by atoms with van der Waals surface area (Å²) in [6.45, 7) is 0.831. The zero-order valence-electron chi connectivity index (χ0n) is 8.01. The molecule has 0 unspecified atom stereocenters. The molecule has 0 aliphatic heterocycles. The van der Waals surface area contributed by atoms with Crippen LogP contribution in [0.15, 0.2) is 0 Å². The third-order valence-electron chi connectivity index (χ3n) is 3.20. The Kier molecular flexibility index (Phi) is 2.28. The molecule has 3 nitrogen and oxygen atoms in total. The Labute approximate surface area is 79.2 Å². The fourth-order valence-corrected chi connectivity index (χ4v) is 1.79. The third-order valence-corrected chi connectivity index (χ3v) is 3.20. The summed E-state index contributed by atoms with van der Waals surface area (Å²) < 4.78 is 5.75. The molecule has 0 heterocycles. The molecule has 2 saturated carbocycles. The zero-order chi connectivity index (χ0) is 9.31. The second-order valence-electron chi connectivity index (χ2n) is 4.57. The van der Waals surface area contributed by atoms with Crippen molar-refractivity contribution in [2.45, 2.75) is 44.6 Å². The molecule has 0 amide bonds. The molecule has 2 fully saturated rings. The van der Waals surface area contributed by atoms with E-state index in [-0.39, 0.29) is 5.41 Å². The van der Waals surface area contributed by atoms with Gasteiger partial charge >= 0.3 is 0 Å². The predicted octanol–water partition coefficient (Wildman–Crippen LogP) is 1.66. The largest absolute Gasteiger partial charge is 0.388 e. The Bertz CT molecular complexity index is 207. The van der Waals surface area contributed by atoms with Crippen molar-refractivity contribution in [1.82, 2.24) is 0 Å². The maximum atomic E-state index is 7.26. The van der Waals surface area contributed by atoms with Crippen LogP contribution in [0.25, 0.3) is 0 Å². The minimum atomic E-state index is 0.265. The summed E-state index contributed by atoms with van der Waals surface area (Å²) in [5.41, 5.74) is 5.66. The molecule has 2 aliphatic rings. The zero-order valence-corrected chi connectivity index (χ0v) is 8.01. The molecule has 0 bridgehead atoms. The van der Waals surface area contributed by atoms with Gasteiger partial charge in [-0.25, -0.2) is 0 Å². The van der Waals surface area contributed by atoms with E-state index in [9.17, 15) is 0 Å². The van der Waals surface area contributed by atoms with Gasteiger partial charge in [-0.15, -0.1) is 0 Å². The van der Waals surface area contributed by atoms with Gasteiger partial charge in [0.25, 0.3) is 0 Å². The van der Waals surface area contributed by atoms with Crippen LogP contribution in [-0.2, 0) is 4.74 Å². The summed E-state index contributed by atoms with van der Waals surface area (Å²) in [7, 11) is 0. The highest BCUT2D eigenvalue weighted by Crippen LogP contribution is 2.49. The fraction of sp³-hybridized carbons (Fsp3) is 0.900. The number of rotatable bonds is 5. The maximum Gasteiger partial charge on any atom is 0.0911 e. The van der Waals surface area contributed by atoms with E-state index in [1.165, 1.54) is 32.1 Å². The first kappa shape index (κ1) is 9.00. The van der Waals surface area contributed by atoms with Crippen molar-refractivity contribution in [3.8, 4) is 0 Å². The highest BCUT2D eigenvalue weighted by Gasteiger charge is 2.44. The van der Waals surface area contributed by atoms with E-state index in [1.54, 1.807) is 0 Å². The van der Waals surface area contributed by atoms with Crippen LogP contribution in [0.4, 0.5) is 0 Å². The Morgan fingerprint density at radius 2 is 2.15 bits per heavy atom. The van der Waals surface area contributed by atoms with Crippen molar-refractivity contribution >= 4 is 5.84 Å². The summed E-state index contributed by atoms with van der Waals surface area (Å²) >= 11 is 0. The van der Waals surface area contributed by atoms with Crippen LogP contribution in [0, 0.1) is 10.8 Å². The maximum absolute atomic E-state index is 7.26. The molecule has 0 aromatic rings. The molecular weight excluding hydrogens is 164 g/mol. The van der Waals surface area contributed by atoms with Crippen molar-refractivity contribution in [2.24, 2.45) is 11.1 Å². The third kappa shape index (κ3) is 2.21. The van der Waals surface area contributed by atoms with Gasteiger partial charge in [0.05, 0.1) is 18.5 Å². The molecule has 2 aliphatic carbocycles.